The minimum absolute atomic E-state index is 0.0180. The zero-order chi connectivity index (χ0) is 7.68. The molecular weight excluding hydrogens is 140 g/mol. The van der Waals surface area contributed by atoms with Gasteiger partial charge in [0.05, 0.1) is 10.9 Å². The molecule has 2 aromatic rings. The van der Waals surface area contributed by atoms with Crippen molar-refractivity contribution in [1.82, 2.24) is 9.97 Å². The Hall–Kier alpha value is -1.64. The molecule has 1 N–H and O–H groups in total. The highest BCUT2D eigenvalue weighted by atomic mass is 16.3. The van der Waals surface area contributed by atoms with Crippen molar-refractivity contribution in [2.45, 2.75) is 0 Å². The number of fused-ring (bicyclic) bond motifs is 1. The summed E-state index contributed by atoms with van der Waals surface area (Å²) >= 11 is 0. The van der Waals surface area contributed by atoms with Crippen LogP contribution in [0.4, 0.5) is 0 Å². The molecule has 0 aliphatic carbocycles. The van der Waals surface area contributed by atoms with Crippen LogP contribution in [0.2, 0.25) is 0 Å². The Morgan fingerprint density at radius 2 is 2.27 bits per heavy atom. The molecule has 3 heteroatoms. The third-order valence-corrected chi connectivity index (χ3v) is 1.43. The van der Waals surface area contributed by atoms with E-state index < -0.39 is 0 Å². The maximum Gasteiger partial charge on any atom is 0.222 e. The molecule has 0 spiro atoms. The number of rotatable bonds is 0. The number of hydrogen-bond acceptors (Lipinski definition) is 3. The minimum Gasteiger partial charge on any atom is -0.493 e. The first-order valence-corrected chi connectivity index (χ1v) is 3.18. The quantitative estimate of drug-likeness (QED) is 0.604. The van der Waals surface area contributed by atoms with Crippen molar-refractivity contribution in [1.29, 1.82) is 0 Å². The molecule has 11 heavy (non-hydrogen) atoms. The summed E-state index contributed by atoms with van der Waals surface area (Å²) in [4.78, 5) is 7.56. The summed E-state index contributed by atoms with van der Waals surface area (Å²) in [5.41, 5.74) is 0.708. The van der Waals surface area contributed by atoms with Crippen molar-refractivity contribution < 1.29 is 5.11 Å². The van der Waals surface area contributed by atoms with Crippen LogP contribution in [-0.4, -0.2) is 15.1 Å². The smallest absolute Gasteiger partial charge is 0.222 e. The molecule has 3 nitrogen and oxygen atoms in total. The second-order valence-electron chi connectivity index (χ2n) is 2.13. The second-order valence-corrected chi connectivity index (χ2v) is 2.13. The van der Waals surface area contributed by atoms with Gasteiger partial charge in [0.15, 0.2) is 0 Å². The number of nitrogens with zero attached hydrogens (tertiary/aromatic N) is 2. The maximum atomic E-state index is 9.19. The van der Waals surface area contributed by atoms with Crippen LogP contribution in [0.1, 0.15) is 0 Å². The maximum absolute atomic E-state index is 9.19. The van der Waals surface area contributed by atoms with Gasteiger partial charge in [-0.15, -0.1) is 0 Å². The Bertz CT molecular complexity index is 381. The fourth-order valence-corrected chi connectivity index (χ4v) is 0.925. The molecule has 53 valence electrons. The van der Waals surface area contributed by atoms with E-state index in [1.165, 1.54) is 6.33 Å². The zero-order valence-corrected chi connectivity index (χ0v) is 5.65. The van der Waals surface area contributed by atoms with Gasteiger partial charge in [0, 0.05) is 0 Å². The molecule has 1 heterocycles. The van der Waals surface area contributed by atoms with Gasteiger partial charge < -0.3 is 5.11 Å². The normalized spacial score (nSPS) is 10.2. The van der Waals surface area contributed by atoms with E-state index in [1.54, 1.807) is 12.1 Å². The van der Waals surface area contributed by atoms with Crippen molar-refractivity contribution >= 4 is 10.9 Å². The highest BCUT2D eigenvalue weighted by molar-refractivity contribution is 5.81. The van der Waals surface area contributed by atoms with Crippen LogP contribution in [0.3, 0.4) is 0 Å². The number of aromatic hydroxyl groups is 1. The average Bonchev–Trinajstić information content (AvgIpc) is 2.06. The number of hydrogen-bond donors (Lipinski definition) is 1. The molecule has 0 fully saturated rings. The molecule has 1 radical (unpaired) electrons. The van der Waals surface area contributed by atoms with E-state index in [2.05, 4.69) is 16.0 Å². The molecule has 0 atom stereocenters. The summed E-state index contributed by atoms with van der Waals surface area (Å²) in [7, 11) is 0. The fourth-order valence-electron chi connectivity index (χ4n) is 0.925. The van der Waals surface area contributed by atoms with E-state index in [4.69, 9.17) is 0 Å². The van der Waals surface area contributed by atoms with Crippen molar-refractivity contribution in [3.05, 3.63) is 30.6 Å². The van der Waals surface area contributed by atoms with Gasteiger partial charge in [-0.1, -0.05) is 12.1 Å². The van der Waals surface area contributed by atoms with E-state index >= 15 is 0 Å². The number of aromatic nitrogens is 2. The summed E-state index contributed by atoms with van der Waals surface area (Å²) < 4.78 is 0. The van der Waals surface area contributed by atoms with Crippen LogP contribution in [0.15, 0.2) is 24.5 Å². The number of benzene rings is 1. The predicted molar refractivity (Wildman–Crippen MR) is 40.0 cm³/mol. The summed E-state index contributed by atoms with van der Waals surface area (Å²) in [6.45, 7) is 0. The van der Waals surface area contributed by atoms with Crippen LogP contribution >= 0.6 is 0 Å². The standard InChI is InChI=1S/C8H5N2O/c11-8-6-3-1-2-4-7(6)9-5-10-8/h1-2,4-5H,(H,9,10,11). The van der Waals surface area contributed by atoms with Gasteiger partial charge in [-0.2, -0.15) is 0 Å². The van der Waals surface area contributed by atoms with Gasteiger partial charge in [0.2, 0.25) is 5.88 Å². The van der Waals surface area contributed by atoms with Crippen LogP contribution in [0.5, 0.6) is 5.88 Å². The molecule has 0 unspecified atom stereocenters. The molecule has 0 amide bonds. The van der Waals surface area contributed by atoms with Crippen molar-refractivity contribution in [2.24, 2.45) is 0 Å². The largest absolute Gasteiger partial charge is 0.493 e. The first-order chi connectivity index (χ1) is 5.38. The van der Waals surface area contributed by atoms with Gasteiger partial charge in [-0.05, 0) is 12.1 Å². The minimum atomic E-state index is -0.0180. The van der Waals surface area contributed by atoms with Crippen molar-refractivity contribution in [3.63, 3.8) is 0 Å². The first kappa shape index (κ1) is 6.09. The molecular formula is C8H5N2O. The Morgan fingerprint density at radius 3 is 3.09 bits per heavy atom. The molecule has 0 bridgehead atoms. The molecule has 0 aliphatic rings. The molecule has 1 aromatic carbocycles. The van der Waals surface area contributed by atoms with Gasteiger partial charge in [-0.25, -0.2) is 9.97 Å². The molecule has 2 rings (SSSR count). The lowest BCUT2D eigenvalue weighted by molar-refractivity contribution is 0.459. The second kappa shape index (κ2) is 2.20. The highest BCUT2D eigenvalue weighted by Crippen LogP contribution is 2.17. The monoisotopic (exact) mass is 145 g/mol. The SMILES string of the molecule is Oc1ncnc2ccc[c]c12. The molecule has 0 saturated carbocycles. The van der Waals surface area contributed by atoms with E-state index in [9.17, 15) is 5.11 Å². The third kappa shape index (κ3) is 0.902. The molecule has 0 aliphatic heterocycles. The van der Waals surface area contributed by atoms with Crippen molar-refractivity contribution in [2.75, 3.05) is 0 Å². The van der Waals surface area contributed by atoms with E-state index in [1.807, 2.05) is 6.07 Å². The van der Waals surface area contributed by atoms with Gasteiger partial charge in [0.1, 0.15) is 6.33 Å². The highest BCUT2D eigenvalue weighted by Gasteiger charge is 1.98. The Kier molecular flexibility index (Phi) is 1.22. The molecule has 1 aromatic heterocycles. The van der Waals surface area contributed by atoms with Crippen LogP contribution < -0.4 is 0 Å². The zero-order valence-electron chi connectivity index (χ0n) is 5.65. The lowest BCUT2D eigenvalue weighted by Gasteiger charge is -1.95. The Labute approximate surface area is 63.3 Å². The fraction of sp³-hybridized carbons (Fsp3) is 0. The van der Waals surface area contributed by atoms with Crippen LogP contribution in [-0.2, 0) is 0 Å². The van der Waals surface area contributed by atoms with E-state index in [0.29, 0.717) is 10.9 Å². The third-order valence-electron chi connectivity index (χ3n) is 1.43. The summed E-state index contributed by atoms with van der Waals surface area (Å²) in [5.74, 6) is -0.0180. The van der Waals surface area contributed by atoms with Crippen molar-refractivity contribution in [3.8, 4) is 5.88 Å². The van der Waals surface area contributed by atoms with Gasteiger partial charge in [-0.3, -0.25) is 0 Å². The Balaban J connectivity index is 2.91. The van der Waals surface area contributed by atoms with Gasteiger partial charge in [0.25, 0.3) is 0 Å². The lowest BCUT2D eigenvalue weighted by atomic mass is 10.2. The van der Waals surface area contributed by atoms with Crippen LogP contribution in [0.25, 0.3) is 10.9 Å². The average molecular weight is 145 g/mol. The first-order valence-electron chi connectivity index (χ1n) is 3.18. The van der Waals surface area contributed by atoms with Gasteiger partial charge >= 0.3 is 0 Å². The summed E-state index contributed by atoms with van der Waals surface area (Å²) in [5, 5.41) is 9.75. The Morgan fingerprint density at radius 1 is 1.36 bits per heavy atom. The topological polar surface area (TPSA) is 46.0 Å². The summed E-state index contributed by atoms with van der Waals surface area (Å²) in [6, 6.07) is 8.17. The molecule has 0 saturated heterocycles. The van der Waals surface area contributed by atoms with Crippen LogP contribution in [0, 0.1) is 6.07 Å². The van der Waals surface area contributed by atoms with E-state index in [-0.39, 0.29) is 5.88 Å². The predicted octanol–water partition coefficient (Wildman–Crippen LogP) is 1.14. The summed E-state index contributed by atoms with van der Waals surface area (Å²) in [6.07, 6.45) is 1.32. The lowest BCUT2D eigenvalue weighted by Crippen LogP contribution is -1.81. The van der Waals surface area contributed by atoms with E-state index in [0.717, 1.165) is 0 Å².